The van der Waals surface area contributed by atoms with Crippen molar-refractivity contribution < 1.29 is 9.59 Å². The van der Waals surface area contributed by atoms with Gasteiger partial charge in [-0.3, -0.25) is 9.59 Å². The Labute approximate surface area is 96.7 Å². The molecule has 13 heavy (non-hydrogen) atoms. The first kappa shape index (κ1) is 9.14. The molecule has 1 aliphatic heterocycles. The number of carbonyl (C=O) groups excluding carboxylic acids is 2. The van der Waals surface area contributed by atoms with Crippen molar-refractivity contribution in [3.8, 4) is 0 Å². The van der Waals surface area contributed by atoms with Crippen molar-refractivity contribution in [1.82, 2.24) is 3.11 Å². The predicted molar refractivity (Wildman–Crippen MR) is 58.7 cm³/mol. The second kappa shape index (κ2) is 3.06. The summed E-state index contributed by atoms with van der Waals surface area (Å²) in [6.45, 7) is 0. The first-order chi connectivity index (χ1) is 6.11. The van der Waals surface area contributed by atoms with Crippen LogP contribution in [0.1, 0.15) is 20.7 Å². The molecule has 0 unspecified atom stereocenters. The molecular weight excluding hydrogens is 349 g/mol. The van der Waals surface area contributed by atoms with Crippen LogP contribution >= 0.6 is 38.8 Å². The third-order valence-electron chi connectivity index (χ3n) is 1.80. The Morgan fingerprint density at radius 2 is 1.77 bits per heavy atom. The molecule has 0 radical (unpaired) electrons. The lowest BCUT2D eigenvalue weighted by molar-refractivity contribution is 0.0797. The summed E-state index contributed by atoms with van der Waals surface area (Å²) in [5, 5.41) is 0. The van der Waals surface area contributed by atoms with E-state index in [1.807, 2.05) is 0 Å². The predicted octanol–water partition coefficient (Wildman–Crippen LogP) is 2.40. The van der Waals surface area contributed by atoms with E-state index in [1.54, 1.807) is 41.1 Å². The van der Waals surface area contributed by atoms with Gasteiger partial charge in [-0.2, -0.15) is 0 Å². The molecule has 0 saturated carbocycles. The van der Waals surface area contributed by atoms with Crippen molar-refractivity contribution in [2.45, 2.75) is 0 Å². The number of nitrogens with zero attached hydrogens (tertiary/aromatic N) is 1. The van der Waals surface area contributed by atoms with E-state index in [4.69, 9.17) is 0 Å². The fourth-order valence-corrected chi connectivity index (χ4v) is 2.06. The highest BCUT2D eigenvalue weighted by Gasteiger charge is 2.33. The number of amides is 2. The van der Waals surface area contributed by atoms with Gasteiger partial charge in [0.15, 0.2) is 0 Å². The maximum absolute atomic E-state index is 11.4. The van der Waals surface area contributed by atoms with Crippen LogP contribution < -0.4 is 0 Å². The first-order valence-electron chi connectivity index (χ1n) is 3.45. The Balaban J connectivity index is 2.67. The molecule has 0 fully saturated rings. The molecule has 0 aromatic heterocycles. The van der Waals surface area contributed by atoms with Crippen LogP contribution in [0, 0.1) is 0 Å². The van der Waals surface area contributed by atoms with Crippen molar-refractivity contribution >= 4 is 50.6 Å². The third kappa shape index (κ3) is 1.30. The number of imide groups is 1. The summed E-state index contributed by atoms with van der Waals surface area (Å²) in [5.74, 6) is -0.491. The molecule has 1 aromatic carbocycles. The molecule has 2 rings (SSSR count). The number of hydrogen-bond donors (Lipinski definition) is 0. The molecule has 2 amide bonds. The monoisotopic (exact) mass is 351 g/mol. The van der Waals surface area contributed by atoms with Gasteiger partial charge in [0.05, 0.1) is 34.0 Å². The van der Waals surface area contributed by atoms with Gasteiger partial charge >= 0.3 is 0 Å². The van der Waals surface area contributed by atoms with Crippen LogP contribution in [0.15, 0.2) is 22.7 Å². The molecule has 0 aliphatic carbocycles. The number of carbonyl (C=O) groups is 2. The summed E-state index contributed by atoms with van der Waals surface area (Å²) in [6.07, 6.45) is 0. The molecular formula is C8H3BrINO2. The van der Waals surface area contributed by atoms with Crippen LogP contribution in [-0.2, 0) is 0 Å². The normalized spacial score (nSPS) is 15.1. The Bertz CT molecular complexity index is 419. The smallest absolute Gasteiger partial charge is 0.268 e. The highest BCUT2D eigenvalue weighted by Crippen LogP contribution is 2.27. The molecule has 3 nitrogen and oxygen atoms in total. The van der Waals surface area contributed by atoms with E-state index >= 15 is 0 Å². The lowest BCUT2D eigenvalue weighted by Crippen LogP contribution is -2.17. The lowest BCUT2D eigenvalue weighted by atomic mass is 10.1. The number of fused-ring (bicyclic) bond motifs is 1. The van der Waals surface area contributed by atoms with Gasteiger partial charge in [-0.25, -0.2) is 3.11 Å². The zero-order chi connectivity index (χ0) is 9.59. The average molecular weight is 352 g/mol. The minimum absolute atomic E-state index is 0.242. The van der Waals surface area contributed by atoms with E-state index in [-0.39, 0.29) is 11.8 Å². The minimum Gasteiger partial charge on any atom is -0.268 e. The molecule has 5 heteroatoms. The van der Waals surface area contributed by atoms with Gasteiger partial charge in [0.1, 0.15) is 0 Å². The quantitative estimate of drug-likeness (QED) is 0.409. The summed E-state index contributed by atoms with van der Waals surface area (Å²) in [5.41, 5.74) is 0.941. The van der Waals surface area contributed by atoms with Gasteiger partial charge in [-0.05, 0) is 18.2 Å². The van der Waals surface area contributed by atoms with E-state index in [0.717, 1.165) is 7.59 Å². The Morgan fingerprint density at radius 3 is 2.46 bits per heavy atom. The summed E-state index contributed by atoms with van der Waals surface area (Å²) in [7, 11) is 0. The topological polar surface area (TPSA) is 37.4 Å². The van der Waals surface area contributed by atoms with Crippen LogP contribution in [0.5, 0.6) is 0 Å². The van der Waals surface area contributed by atoms with E-state index in [1.165, 1.54) is 0 Å². The molecule has 0 spiro atoms. The Hall–Kier alpha value is -0.430. The van der Waals surface area contributed by atoms with E-state index in [9.17, 15) is 9.59 Å². The average Bonchev–Trinajstić information content (AvgIpc) is 2.32. The zero-order valence-electron chi connectivity index (χ0n) is 6.25. The SMILES string of the molecule is O=C1c2ccc(Br)cc2C(=O)N1I. The summed E-state index contributed by atoms with van der Waals surface area (Å²) >= 11 is 4.96. The maximum atomic E-state index is 11.4. The Morgan fingerprint density at radius 1 is 1.15 bits per heavy atom. The fourth-order valence-electron chi connectivity index (χ4n) is 1.18. The van der Waals surface area contributed by atoms with Crippen molar-refractivity contribution in [2.24, 2.45) is 0 Å². The van der Waals surface area contributed by atoms with Crippen LogP contribution in [-0.4, -0.2) is 14.9 Å². The largest absolute Gasteiger partial charge is 0.270 e. The van der Waals surface area contributed by atoms with Gasteiger partial charge < -0.3 is 0 Å². The minimum atomic E-state index is -0.248. The second-order valence-corrected chi connectivity index (χ2v) is 4.46. The molecule has 66 valence electrons. The molecule has 0 N–H and O–H groups in total. The van der Waals surface area contributed by atoms with Gasteiger partial charge in [0.25, 0.3) is 11.8 Å². The van der Waals surface area contributed by atoms with E-state index < -0.39 is 0 Å². The number of rotatable bonds is 0. The number of hydrogen-bond acceptors (Lipinski definition) is 2. The Kier molecular flexibility index (Phi) is 2.15. The van der Waals surface area contributed by atoms with Crippen LogP contribution in [0.25, 0.3) is 0 Å². The van der Waals surface area contributed by atoms with Crippen LogP contribution in [0.3, 0.4) is 0 Å². The van der Waals surface area contributed by atoms with Gasteiger partial charge in [0.2, 0.25) is 0 Å². The van der Waals surface area contributed by atoms with E-state index in [2.05, 4.69) is 15.9 Å². The highest BCUT2D eigenvalue weighted by molar-refractivity contribution is 14.1. The number of benzene rings is 1. The third-order valence-corrected chi connectivity index (χ3v) is 3.17. The second-order valence-electron chi connectivity index (χ2n) is 2.58. The molecule has 0 bridgehead atoms. The summed E-state index contributed by atoms with van der Waals surface area (Å²) in [4.78, 5) is 22.8. The lowest BCUT2D eigenvalue weighted by Gasteiger charge is -1.98. The molecule has 1 aliphatic rings. The van der Waals surface area contributed by atoms with Gasteiger partial charge in [-0.15, -0.1) is 0 Å². The van der Waals surface area contributed by atoms with Crippen molar-refractivity contribution in [3.63, 3.8) is 0 Å². The molecule has 0 saturated heterocycles. The molecule has 1 aromatic rings. The van der Waals surface area contributed by atoms with Gasteiger partial charge in [-0.1, -0.05) is 15.9 Å². The van der Waals surface area contributed by atoms with Crippen molar-refractivity contribution in [1.29, 1.82) is 0 Å². The number of halogens is 2. The fraction of sp³-hybridized carbons (Fsp3) is 0. The van der Waals surface area contributed by atoms with Crippen LogP contribution in [0.2, 0.25) is 0 Å². The van der Waals surface area contributed by atoms with E-state index in [0.29, 0.717) is 11.1 Å². The maximum Gasteiger partial charge on any atom is 0.270 e. The molecule has 1 heterocycles. The van der Waals surface area contributed by atoms with Crippen molar-refractivity contribution in [2.75, 3.05) is 0 Å². The van der Waals surface area contributed by atoms with Crippen molar-refractivity contribution in [3.05, 3.63) is 33.8 Å². The summed E-state index contributed by atoms with van der Waals surface area (Å²) in [6, 6.07) is 5.06. The highest BCUT2D eigenvalue weighted by atomic mass is 127. The standard InChI is InChI=1S/C8H3BrINO2/c9-4-1-2-5-6(3-4)8(13)11(10)7(5)12/h1-3H. The van der Waals surface area contributed by atoms with Crippen LogP contribution in [0.4, 0.5) is 0 Å². The molecule has 0 atom stereocenters. The van der Waals surface area contributed by atoms with Gasteiger partial charge in [0, 0.05) is 4.47 Å². The summed E-state index contributed by atoms with van der Waals surface area (Å²) < 4.78 is 1.90. The first-order valence-corrected chi connectivity index (χ1v) is 5.21. The zero-order valence-corrected chi connectivity index (χ0v) is 10.00.